The Hall–Kier alpha value is 0.600. The highest BCUT2D eigenvalue weighted by Crippen LogP contribution is 2.39. The summed E-state index contributed by atoms with van der Waals surface area (Å²) in [5, 5.41) is 0.302. The highest BCUT2D eigenvalue weighted by atomic mass is 33.1. The van der Waals surface area contributed by atoms with E-state index in [-0.39, 0.29) is 33.5 Å². The molecular formula is C8H14O4S4. The van der Waals surface area contributed by atoms with E-state index >= 15 is 0 Å². The molecule has 2 saturated heterocycles. The second-order valence-corrected chi connectivity index (χ2v) is 11.6. The Balaban J connectivity index is 1.77. The third-order valence-electron chi connectivity index (χ3n) is 2.71. The molecule has 0 aromatic carbocycles. The molecule has 0 bridgehead atoms. The molecule has 2 atom stereocenters. The molecule has 8 heteroatoms. The Kier molecular flexibility index (Phi) is 3.83. The quantitative estimate of drug-likeness (QED) is 0.716. The summed E-state index contributed by atoms with van der Waals surface area (Å²) in [4.78, 5) is 0. The molecule has 0 aromatic rings. The van der Waals surface area contributed by atoms with Crippen molar-refractivity contribution in [3.63, 3.8) is 0 Å². The Morgan fingerprint density at radius 1 is 0.750 bits per heavy atom. The van der Waals surface area contributed by atoms with E-state index in [1.54, 1.807) is 21.6 Å². The largest absolute Gasteiger partial charge is 0.229 e. The monoisotopic (exact) mass is 302 g/mol. The minimum atomic E-state index is -2.82. The molecule has 2 fully saturated rings. The van der Waals surface area contributed by atoms with Gasteiger partial charge in [-0.05, 0) is 12.8 Å². The zero-order valence-electron chi connectivity index (χ0n) is 8.66. The van der Waals surface area contributed by atoms with Crippen molar-refractivity contribution in [1.29, 1.82) is 0 Å². The summed E-state index contributed by atoms with van der Waals surface area (Å²) in [5.74, 6) is 1.08. The van der Waals surface area contributed by atoms with E-state index in [2.05, 4.69) is 0 Å². The van der Waals surface area contributed by atoms with Gasteiger partial charge in [0.05, 0.1) is 23.0 Å². The first kappa shape index (κ1) is 13.0. The lowest BCUT2D eigenvalue weighted by atomic mass is 10.4. The lowest BCUT2D eigenvalue weighted by Gasteiger charge is -2.09. The van der Waals surface area contributed by atoms with Gasteiger partial charge < -0.3 is 0 Å². The van der Waals surface area contributed by atoms with Crippen LogP contribution in [0.3, 0.4) is 0 Å². The maximum Gasteiger partial charge on any atom is 0.151 e. The number of rotatable bonds is 3. The Labute approximate surface area is 104 Å². The highest BCUT2D eigenvalue weighted by molar-refractivity contribution is 8.77. The van der Waals surface area contributed by atoms with E-state index in [9.17, 15) is 16.8 Å². The maximum atomic E-state index is 11.2. The maximum absolute atomic E-state index is 11.2. The van der Waals surface area contributed by atoms with Gasteiger partial charge in [0.1, 0.15) is 0 Å². The van der Waals surface area contributed by atoms with Gasteiger partial charge in [0.25, 0.3) is 0 Å². The summed E-state index contributed by atoms with van der Waals surface area (Å²) >= 11 is 0. The predicted octanol–water partition coefficient (Wildman–Crippen LogP) is 0.742. The first-order valence-electron chi connectivity index (χ1n) is 5.09. The van der Waals surface area contributed by atoms with E-state index in [4.69, 9.17) is 0 Å². The molecule has 2 heterocycles. The van der Waals surface area contributed by atoms with Gasteiger partial charge in [0.15, 0.2) is 19.7 Å². The fraction of sp³-hybridized carbons (Fsp3) is 1.00. The van der Waals surface area contributed by atoms with Crippen molar-refractivity contribution in [2.75, 3.05) is 23.0 Å². The molecule has 94 valence electrons. The van der Waals surface area contributed by atoms with Crippen molar-refractivity contribution in [1.82, 2.24) is 0 Å². The second kappa shape index (κ2) is 4.70. The van der Waals surface area contributed by atoms with Crippen LogP contribution in [0.2, 0.25) is 0 Å². The summed E-state index contributed by atoms with van der Waals surface area (Å²) < 4.78 is 44.9. The lowest BCUT2D eigenvalue weighted by molar-refractivity contribution is 0.600. The van der Waals surface area contributed by atoms with E-state index < -0.39 is 19.7 Å². The van der Waals surface area contributed by atoms with Gasteiger partial charge in [-0.1, -0.05) is 21.6 Å². The molecule has 0 aliphatic carbocycles. The first-order valence-corrected chi connectivity index (χ1v) is 11.0. The number of sulfone groups is 2. The standard InChI is InChI=1S/C8H14O4S4/c9-15(10)3-1-7(5-15)13-14-8-2-4-16(11,12)6-8/h7-8H,1-6H2/t7-,8+. The highest BCUT2D eigenvalue weighted by Gasteiger charge is 2.32. The average Bonchev–Trinajstić information content (AvgIpc) is 2.66. The molecule has 2 aliphatic heterocycles. The van der Waals surface area contributed by atoms with Gasteiger partial charge in [0.2, 0.25) is 0 Å². The minimum Gasteiger partial charge on any atom is -0.229 e. The smallest absolute Gasteiger partial charge is 0.151 e. The van der Waals surface area contributed by atoms with Crippen LogP contribution < -0.4 is 0 Å². The van der Waals surface area contributed by atoms with Crippen molar-refractivity contribution in [3.8, 4) is 0 Å². The second-order valence-electron chi connectivity index (χ2n) is 4.24. The summed E-state index contributed by atoms with van der Waals surface area (Å²) in [6.45, 7) is 0. The van der Waals surface area contributed by atoms with Crippen LogP contribution in [0.1, 0.15) is 12.8 Å². The predicted molar refractivity (Wildman–Crippen MR) is 69.3 cm³/mol. The first-order chi connectivity index (χ1) is 7.36. The summed E-state index contributed by atoms with van der Waals surface area (Å²) in [5.41, 5.74) is 0. The van der Waals surface area contributed by atoms with E-state index in [1.807, 2.05) is 0 Å². The van der Waals surface area contributed by atoms with Crippen molar-refractivity contribution in [3.05, 3.63) is 0 Å². The number of hydrogen-bond donors (Lipinski definition) is 0. The zero-order valence-corrected chi connectivity index (χ0v) is 11.9. The Morgan fingerprint density at radius 2 is 1.12 bits per heavy atom. The normalized spacial score (nSPS) is 36.5. The van der Waals surface area contributed by atoms with Crippen LogP contribution in [0.25, 0.3) is 0 Å². The Bertz CT molecular complexity index is 408. The van der Waals surface area contributed by atoms with Crippen LogP contribution in [0.5, 0.6) is 0 Å². The average molecular weight is 302 g/mol. The molecule has 0 radical (unpaired) electrons. The molecule has 0 unspecified atom stereocenters. The van der Waals surface area contributed by atoms with Crippen molar-refractivity contribution in [2.45, 2.75) is 23.3 Å². The fourth-order valence-corrected chi connectivity index (χ4v) is 10.2. The molecular weight excluding hydrogens is 288 g/mol. The molecule has 0 saturated carbocycles. The van der Waals surface area contributed by atoms with Gasteiger partial charge in [0, 0.05) is 10.5 Å². The van der Waals surface area contributed by atoms with Crippen LogP contribution >= 0.6 is 21.6 Å². The molecule has 4 nitrogen and oxygen atoms in total. The molecule has 2 rings (SSSR count). The molecule has 0 aromatic heterocycles. The summed E-state index contributed by atoms with van der Waals surface area (Å²) in [6, 6.07) is 0. The van der Waals surface area contributed by atoms with Gasteiger partial charge in [-0.15, -0.1) is 0 Å². The molecule has 2 aliphatic rings. The topological polar surface area (TPSA) is 68.3 Å². The van der Waals surface area contributed by atoms with Crippen LogP contribution in [0, 0.1) is 0 Å². The van der Waals surface area contributed by atoms with Crippen LogP contribution in [-0.2, 0) is 19.7 Å². The lowest BCUT2D eigenvalue weighted by Crippen LogP contribution is -2.08. The van der Waals surface area contributed by atoms with Gasteiger partial charge >= 0.3 is 0 Å². The van der Waals surface area contributed by atoms with Crippen LogP contribution in [0.15, 0.2) is 0 Å². The number of hydrogen-bond acceptors (Lipinski definition) is 6. The van der Waals surface area contributed by atoms with E-state index in [1.165, 1.54) is 0 Å². The molecule has 16 heavy (non-hydrogen) atoms. The van der Waals surface area contributed by atoms with Gasteiger partial charge in [-0.3, -0.25) is 0 Å². The van der Waals surface area contributed by atoms with Crippen LogP contribution in [0.4, 0.5) is 0 Å². The van der Waals surface area contributed by atoms with Crippen molar-refractivity contribution < 1.29 is 16.8 Å². The third kappa shape index (κ3) is 3.54. The Morgan fingerprint density at radius 3 is 1.38 bits per heavy atom. The molecule has 0 spiro atoms. The van der Waals surface area contributed by atoms with Crippen molar-refractivity contribution >= 4 is 41.3 Å². The van der Waals surface area contributed by atoms with E-state index in [0.717, 1.165) is 0 Å². The summed E-state index contributed by atoms with van der Waals surface area (Å²) in [7, 11) is -2.52. The molecule has 0 amide bonds. The van der Waals surface area contributed by atoms with Gasteiger partial charge in [-0.25, -0.2) is 16.8 Å². The minimum absolute atomic E-state index is 0.151. The van der Waals surface area contributed by atoms with Gasteiger partial charge in [-0.2, -0.15) is 0 Å². The van der Waals surface area contributed by atoms with Crippen LogP contribution in [-0.4, -0.2) is 50.3 Å². The molecule has 0 N–H and O–H groups in total. The fourth-order valence-electron chi connectivity index (χ4n) is 1.83. The third-order valence-corrected chi connectivity index (χ3v) is 10.1. The van der Waals surface area contributed by atoms with Crippen molar-refractivity contribution in [2.24, 2.45) is 0 Å². The summed E-state index contributed by atoms with van der Waals surface area (Å²) in [6.07, 6.45) is 1.42. The van der Waals surface area contributed by atoms with E-state index in [0.29, 0.717) is 12.8 Å². The zero-order chi connectivity index (χ0) is 11.8. The SMILES string of the molecule is O=S1(=O)CC[C@@H](SS[C@H]2CCS(=O)(=O)C2)C1.